The fourth-order valence-electron chi connectivity index (χ4n) is 2.82. The number of nitrogens with one attached hydrogen (secondary N) is 1. The van der Waals surface area contributed by atoms with Gasteiger partial charge >= 0.3 is 0 Å². The molecular formula is C19H20ClN3O2S. The first-order chi connectivity index (χ1) is 12.5. The zero-order valence-electron chi connectivity index (χ0n) is 14.8. The Morgan fingerprint density at radius 2 is 2.12 bits per heavy atom. The molecule has 0 spiro atoms. The number of benzene rings is 1. The quantitative estimate of drug-likeness (QED) is 0.678. The molecule has 0 saturated heterocycles. The number of thiophene rings is 1. The lowest BCUT2D eigenvalue weighted by molar-refractivity contribution is 0.0941. The second-order valence-corrected chi connectivity index (χ2v) is 7.38. The molecule has 0 fully saturated rings. The van der Waals surface area contributed by atoms with Gasteiger partial charge in [0.05, 0.1) is 11.1 Å². The second kappa shape index (κ2) is 8.03. The average molecular weight is 390 g/mol. The highest BCUT2D eigenvalue weighted by Crippen LogP contribution is 2.31. The van der Waals surface area contributed by atoms with Crippen LogP contribution in [0.15, 0.2) is 45.6 Å². The van der Waals surface area contributed by atoms with E-state index < -0.39 is 0 Å². The van der Waals surface area contributed by atoms with Crippen molar-refractivity contribution in [2.24, 2.45) is 0 Å². The standard InChI is InChI=1S/C19H20ClN3O2S/c1-12-17(18(22-25-12)14-6-4-5-7-15(14)20)19(24)21-10-16(23(2)3)13-8-9-26-11-13/h4-9,11,16H,10H2,1-3H3,(H,21,24). The first-order valence-corrected chi connectivity index (χ1v) is 9.49. The molecule has 7 heteroatoms. The summed E-state index contributed by atoms with van der Waals surface area (Å²) in [6.07, 6.45) is 0. The monoisotopic (exact) mass is 389 g/mol. The molecule has 26 heavy (non-hydrogen) atoms. The van der Waals surface area contributed by atoms with E-state index in [1.54, 1.807) is 24.3 Å². The van der Waals surface area contributed by atoms with Crippen molar-refractivity contribution in [3.05, 3.63) is 63.0 Å². The van der Waals surface area contributed by atoms with E-state index in [0.29, 0.717) is 34.1 Å². The van der Waals surface area contributed by atoms with E-state index >= 15 is 0 Å². The van der Waals surface area contributed by atoms with Crippen LogP contribution in [-0.4, -0.2) is 36.6 Å². The summed E-state index contributed by atoms with van der Waals surface area (Å²) in [7, 11) is 3.99. The van der Waals surface area contributed by atoms with Crippen molar-refractivity contribution in [1.82, 2.24) is 15.4 Å². The number of rotatable bonds is 6. The molecule has 1 N–H and O–H groups in total. The SMILES string of the molecule is Cc1onc(-c2ccccc2Cl)c1C(=O)NCC(c1ccsc1)N(C)C. The van der Waals surface area contributed by atoms with Crippen LogP contribution in [0, 0.1) is 6.92 Å². The zero-order valence-corrected chi connectivity index (χ0v) is 16.4. The smallest absolute Gasteiger partial charge is 0.257 e. The van der Waals surface area contributed by atoms with Gasteiger partial charge in [0.1, 0.15) is 17.0 Å². The number of likely N-dealkylation sites (N-methyl/N-ethyl adjacent to an activating group) is 1. The lowest BCUT2D eigenvalue weighted by atomic mass is 10.0. The van der Waals surface area contributed by atoms with Crippen LogP contribution < -0.4 is 5.32 Å². The molecule has 1 unspecified atom stereocenters. The van der Waals surface area contributed by atoms with Crippen LogP contribution in [0.1, 0.15) is 27.7 Å². The van der Waals surface area contributed by atoms with Crippen molar-refractivity contribution in [3.8, 4) is 11.3 Å². The molecule has 0 aliphatic heterocycles. The van der Waals surface area contributed by atoms with E-state index in [-0.39, 0.29) is 11.9 Å². The Kier molecular flexibility index (Phi) is 5.76. The van der Waals surface area contributed by atoms with Gasteiger partial charge in [-0.25, -0.2) is 0 Å². The van der Waals surface area contributed by atoms with Gasteiger partial charge < -0.3 is 14.7 Å². The summed E-state index contributed by atoms with van der Waals surface area (Å²) in [6, 6.07) is 9.44. The number of amides is 1. The molecule has 0 saturated carbocycles. The van der Waals surface area contributed by atoms with Crippen LogP contribution in [0.2, 0.25) is 5.02 Å². The third-order valence-electron chi connectivity index (χ3n) is 4.23. The molecule has 2 heterocycles. The highest BCUT2D eigenvalue weighted by atomic mass is 35.5. The van der Waals surface area contributed by atoms with Crippen molar-refractivity contribution < 1.29 is 9.32 Å². The molecule has 0 aliphatic rings. The van der Waals surface area contributed by atoms with E-state index in [2.05, 4.69) is 26.8 Å². The van der Waals surface area contributed by atoms with Crippen molar-refractivity contribution in [1.29, 1.82) is 0 Å². The van der Waals surface area contributed by atoms with Crippen molar-refractivity contribution in [2.45, 2.75) is 13.0 Å². The molecule has 136 valence electrons. The maximum Gasteiger partial charge on any atom is 0.257 e. The minimum Gasteiger partial charge on any atom is -0.360 e. The number of halogens is 1. The summed E-state index contributed by atoms with van der Waals surface area (Å²) in [5, 5.41) is 11.7. The average Bonchev–Trinajstić information content (AvgIpc) is 3.25. The molecule has 0 bridgehead atoms. The number of carbonyl (C=O) groups is 1. The topological polar surface area (TPSA) is 58.4 Å². The van der Waals surface area contributed by atoms with E-state index in [0.717, 1.165) is 0 Å². The normalized spacial score (nSPS) is 12.3. The van der Waals surface area contributed by atoms with E-state index in [9.17, 15) is 4.79 Å². The van der Waals surface area contributed by atoms with Crippen LogP contribution in [0.3, 0.4) is 0 Å². The molecule has 0 aliphatic carbocycles. The molecule has 3 aromatic rings. The molecule has 3 rings (SSSR count). The number of carbonyl (C=O) groups excluding carboxylic acids is 1. The number of hydrogen-bond acceptors (Lipinski definition) is 5. The third-order valence-corrected chi connectivity index (χ3v) is 5.26. The lowest BCUT2D eigenvalue weighted by Gasteiger charge is -2.24. The van der Waals surface area contributed by atoms with Crippen molar-refractivity contribution >= 4 is 28.8 Å². The minimum absolute atomic E-state index is 0.0918. The van der Waals surface area contributed by atoms with E-state index in [4.69, 9.17) is 16.1 Å². The second-order valence-electron chi connectivity index (χ2n) is 6.19. The summed E-state index contributed by atoms with van der Waals surface area (Å²) >= 11 is 7.90. The first kappa shape index (κ1) is 18.6. The molecule has 1 amide bonds. The summed E-state index contributed by atoms with van der Waals surface area (Å²) in [5.41, 5.74) is 2.73. The Morgan fingerprint density at radius 3 is 2.77 bits per heavy atom. The lowest BCUT2D eigenvalue weighted by Crippen LogP contribution is -2.34. The molecule has 5 nitrogen and oxygen atoms in total. The van der Waals surface area contributed by atoms with Crippen LogP contribution in [0.4, 0.5) is 0 Å². The van der Waals surface area contributed by atoms with Crippen LogP contribution >= 0.6 is 22.9 Å². The van der Waals surface area contributed by atoms with E-state index in [1.807, 2.05) is 37.7 Å². The Morgan fingerprint density at radius 1 is 1.35 bits per heavy atom. The maximum absolute atomic E-state index is 12.9. The predicted octanol–water partition coefficient (Wildman–Crippen LogP) is 4.40. The highest BCUT2D eigenvalue weighted by molar-refractivity contribution is 7.08. The maximum atomic E-state index is 12.9. The van der Waals surface area contributed by atoms with Crippen molar-refractivity contribution in [2.75, 3.05) is 20.6 Å². The van der Waals surface area contributed by atoms with Gasteiger partial charge in [0.25, 0.3) is 5.91 Å². The third kappa shape index (κ3) is 3.82. The van der Waals surface area contributed by atoms with Crippen LogP contribution in [0.25, 0.3) is 11.3 Å². The summed E-state index contributed by atoms with van der Waals surface area (Å²) in [4.78, 5) is 14.9. The molecular weight excluding hydrogens is 370 g/mol. The molecule has 1 aromatic carbocycles. The van der Waals surface area contributed by atoms with Gasteiger partial charge in [-0.2, -0.15) is 11.3 Å². The summed E-state index contributed by atoms with van der Waals surface area (Å²) in [6.45, 7) is 2.21. The zero-order chi connectivity index (χ0) is 18.7. The number of aryl methyl sites for hydroxylation is 1. The Labute approximate surface area is 161 Å². The van der Waals surface area contributed by atoms with Crippen LogP contribution in [0.5, 0.6) is 0 Å². The minimum atomic E-state index is -0.222. The largest absolute Gasteiger partial charge is 0.360 e. The van der Waals surface area contributed by atoms with Gasteiger partial charge in [0, 0.05) is 12.1 Å². The van der Waals surface area contributed by atoms with Gasteiger partial charge in [0.15, 0.2) is 0 Å². The summed E-state index contributed by atoms with van der Waals surface area (Å²) < 4.78 is 5.27. The Balaban J connectivity index is 1.83. The predicted molar refractivity (Wildman–Crippen MR) is 105 cm³/mol. The Hall–Kier alpha value is -2.15. The highest BCUT2D eigenvalue weighted by Gasteiger charge is 2.24. The fraction of sp³-hybridized carbons (Fsp3) is 0.263. The fourth-order valence-corrected chi connectivity index (χ4v) is 3.75. The van der Waals surface area contributed by atoms with Crippen molar-refractivity contribution in [3.63, 3.8) is 0 Å². The van der Waals surface area contributed by atoms with Gasteiger partial charge in [-0.3, -0.25) is 4.79 Å². The Bertz CT molecular complexity index is 890. The molecule has 1 atom stereocenters. The van der Waals surface area contributed by atoms with Gasteiger partial charge in [0.2, 0.25) is 0 Å². The number of nitrogens with zero attached hydrogens (tertiary/aromatic N) is 2. The van der Waals surface area contributed by atoms with E-state index in [1.165, 1.54) is 5.56 Å². The number of hydrogen-bond donors (Lipinski definition) is 1. The van der Waals surface area contributed by atoms with Gasteiger partial charge in [-0.15, -0.1) is 0 Å². The molecule has 0 radical (unpaired) electrons. The number of aromatic nitrogens is 1. The first-order valence-electron chi connectivity index (χ1n) is 8.17. The van der Waals surface area contributed by atoms with Gasteiger partial charge in [-0.05, 0) is 49.5 Å². The van der Waals surface area contributed by atoms with Gasteiger partial charge in [-0.1, -0.05) is 35.0 Å². The molecule has 2 aromatic heterocycles. The van der Waals surface area contributed by atoms with Crippen LogP contribution in [-0.2, 0) is 0 Å². The summed E-state index contributed by atoms with van der Waals surface area (Å²) in [5.74, 6) is 0.245.